The molecule has 0 bridgehead atoms. The van der Waals surface area contributed by atoms with Gasteiger partial charge < -0.3 is 14.6 Å². The lowest BCUT2D eigenvalue weighted by Crippen LogP contribution is -2.14. The number of benzene rings is 2. The fourth-order valence-electron chi connectivity index (χ4n) is 2.90. The van der Waals surface area contributed by atoms with Crippen molar-refractivity contribution in [2.45, 2.75) is 11.8 Å². The molecule has 0 spiro atoms. The molecule has 1 N–H and O–H groups in total. The molecule has 4 aromatic rings. The minimum atomic E-state index is -0.114. The van der Waals surface area contributed by atoms with Gasteiger partial charge in [0.05, 0.1) is 5.75 Å². The second-order valence-electron chi connectivity index (χ2n) is 6.74. The zero-order chi connectivity index (χ0) is 21.5. The van der Waals surface area contributed by atoms with Crippen molar-refractivity contribution >= 4 is 23.4 Å². The van der Waals surface area contributed by atoms with Gasteiger partial charge in [-0.1, -0.05) is 42.1 Å². The molecule has 31 heavy (non-hydrogen) atoms. The van der Waals surface area contributed by atoms with E-state index in [1.165, 1.54) is 11.8 Å². The van der Waals surface area contributed by atoms with Gasteiger partial charge in [0.2, 0.25) is 5.91 Å². The molecular weight excluding hydrogens is 410 g/mol. The molecule has 0 radical (unpaired) electrons. The van der Waals surface area contributed by atoms with E-state index in [0.29, 0.717) is 17.5 Å². The summed E-state index contributed by atoms with van der Waals surface area (Å²) in [5, 5.41) is 12.0. The summed E-state index contributed by atoms with van der Waals surface area (Å²) < 4.78 is 7.64. The van der Waals surface area contributed by atoms with Crippen molar-refractivity contribution in [2.24, 2.45) is 7.05 Å². The monoisotopic (exact) mass is 431 g/mol. The maximum Gasteiger partial charge on any atom is 0.234 e. The minimum Gasteiger partial charge on any atom is -0.489 e. The van der Waals surface area contributed by atoms with Gasteiger partial charge in [-0.15, -0.1) is 10.2 Å². The highest BCUT2D eigenvalue weighted by molar-refractivity contribution is 7.99. The van der Waals surface area contributed by atoms with Crippen LogP contribution in [0.25, 0.3) is 11.4 Å². The zero-order valence-corrected chi connectivity index (χ0v) is 17.7. The van der Waals surface area contributed by atoms with E-state index in [9.17, 15) is 4.79 Å². The number of nitrogens with one attached hydrogen (secondary N) is 1. The van der Waals surface area contributed by atoms with Crippen LogP contribution in [0.3, 0.4) is 0 Å². The molecule has 8 heteroatoms. The van der Waals surface area contributed by atoms with Crippen LogP contribution in [0.5, 0.6) is 5.75 Å². The van der Waals surface area contributed by atoms with Crippen LogP contribution in [0.1, 0.15) is 5.56 Å². The Labute approximate surface area is 184 Å². The molecule has 2 aromatic heterocycles. The van der Waals surface area contributed by atoms with Gasteiger partial charge in [-0.25, -0.2) is 0 Å². The quantitative estimate of drug-likeness (QED) is 0.421. The Bertz CT molecular complexity index is 1130. The molecule has 0 saturated heterocycles. The Balaban J connectivity index is 1.28. The number of ether oxygens (including phenoxy) is 1. The highest BCUT2D eigenvalue weighted by atomic mass is 32.2. The van der Waals surface area contributed by atoms with E-state index >= 15 is 0 Å². The summed E-state index contributed by atoms with van der Waals surface area (Å²) in [4.78, 5) is 16.4. The molecule has 1 amide bonds. The molecule has 0 aliphatic heterocycles. The van der Waals surface area contributed by atoms with Gasteiger partial charge >= 0.3 is 0 Å². The first-order valence-electron chi connectivity index (χ1n) is 9.68. The fourth-order valence-corrected chi connectivity index (χ4v) is 3.61. The number of anilines is 1. The maximum absolute atomic E-state index is 12.3. The largest absolute Gasteiger partial charge is 0.489 e. The third kappa shape index (κ3) is 5.49. The topological polar surface area (TPSA) is 81.9 Å². The number of aromatic nitrogens is 4. The summed E-state index contributed by atoms with van der Waals surface area (Å²) in [6.07, 6.45) is 3.42. The average molecular weight is 432 g/mol. The Morgan fingerprint density at radius 1 is 1.00 bits per heavy atom. The van der Waals surface area contributed by atoms with Crippen molar-refractivity contribution in [3.05, 3.63) is 84.7 Å². The predicted octanol–water partition coefficient (Wildman–Crippen LogP) is 4.19. The molecule has 0 saturated carbocycles. The van der Waals surface area contributed by atoms with Crippen LogP contribution < -0.4 is 10.1 Å². The molecule has 2 aromatic carbocycles. The molecule has 0 unspecified atom stereocenters. The number of carbonyl (C=O) groups excluding carboxylic acids is 1. The van der Waals surface area contributed by atoms with E-state index in [4.69, 9.17) is 4.74 Å². The first kappa shape index (κ1) is 20.6. The third-order valence-electron chi connectivity index (χ3n) is 4.49. The van der Waals surface area contributed by atoms with E-state index in [0.717, 1.165) is 22.7 Å². The molecule has 4 rings (SSSR count). The predicted molar refractivity (Wildman–Crippen MR) is 121 cm³/mol. The van der Waals surface area contributed by atoms with E-state index in [1.807, 2.05) is 78.3 Å². The lowest BCUT2D eigenvalue weighted by Gasteiger charge is -2.08. The third-order valence-corrected chi connectivity index (χ3v) is 5.51. The normalized spacial score (nSPS) is 10.6. The summed E-state index contributed by atoms with van der Waals surface area (Å²) in [6.45, 7) is 0.502. The van der Waals surface area contributed by atoms with Crippen molar-refractivity contribution in [1.82, 2.24) is 19.7 Å². The van der Waals surface area contributed by atoms with Crippen LogP contribution in [-0.2, 0) is 18.4 Å². The van der Waals surface area contributed by atoms with Gasteiger partial charge in [0.1, 0.15) is 12.4 Å². The van der Waals surface area contributed by atoms with Gasteiger partial charge in [-0.05, 0) is 42.0 Å². The SMILES string of the molecule is Cn1c(SCC(=O)Nc2ccc(OCc3ccccc3)cc2)nnc1-c1ccncc1. The highest BCUT2D eigenvalue weighted by Crippen LogP contribution is 2.22. The number of thioether (sulfide) groups is 1. The highest BCUT2D eigenvalue weighted by Gasteiger charge is 2.13. The molecule has 0 aliphatic rings. The van der Waals surface area contributed by atoms with E-state index in [2.05, 4.69) is 20.5 Å². The molecule has 7 nitrogen and oxygen atoms in total. The van der Waals surface area contributed by atoms with Gasteiger partial charge in [0.15, 0.2) is 11.0 Å². The van der Waals surface area contributed by atoms with Crippen LogP contribution in [0.4, 0.5) is 5.69 Å². The number of amides is 1. The summed E-state index contributed by atoms with van der Waals surface area (Å²) in [7, 11) is 1.88. The summed E-state index contributed by atoms with van der Waals surface area (Å²) >= 11 is 1.34. The van der Waals surface area contributed by atoms with Crippen molar-refractivity contribution < 1.29 is 9.53 Å². The van der Waals surface area contributed by atoms with Crippen molar-refractivity contribution in [2.75, 3.05) is 11.1 Å². The Kier molecular flexibility index (Phi) is 6.59. The number of rotatable bonds is 8. The molecule has 0 aliphatic carbocycles. The molecular formula is C23H21N5O2S. The average Bonchev–Trinajstić information content (AvgIpc) is 3.19. The summed E-state index contributed by atoms with van der Waals surface area (Å²) in [5.41, 5.74) is 2.75. The first-order chi connectivity index (χ1) is 15.2. The second kappa shape index (κ2) is 9.90. The van der Waals surface area contributed by atoms with Gasteiger partial charge in [0, 0.05) is 30.7 Å². The van der Waals surface area contributed by atoms with Crippen LogP contribution >= 0.6 is 11.8 Å². The van der Waals surface area contributed by atoms with E-state index in [1.54, 1.807) is 12.4 Å². The fraction of sp³-hybridized carbons (Fsp3) is 0.130. The second-order valence-corrected chi connectivity index (χ2v) is 7.68. The molecule has 2 heterocycles. The smallest absolute Gasteiger partial charge is 0.234 e. The van der Waals surface area contributed by atoms with Crippen molar-refractivity contribution in [3.8, 4) is 17.1 Å². The Morgan fingerprint density at radius 3 is 2.48 bits per heavy atom. The molecule has 0 fully saturated rings. The van der Waals surface area contributed by atoms with Crippen molar-refractivity contribution in [1.29, 1.82) is 0 Å². The standard InChI is InChI=1S/C23H21N5O2S/c1-28-22(18-11-13-24-14-12-18)26-27-23(28)31-16-21(29)25-19-7-9-20(10-8-19)30-15-17-5-3-2-4-6-17/h2-14H,15-16H2,1H3,(H,25,29). The van der Waals surface area contributed by atoms with Crippen LogP contribution in [0.15, 0.2) is 84.3 Å². The molecule has 0 atom stereocenters. The zero-order valence-electron chi connectivity index (χ0n) is 16.9. The van der Waals surface area contributed by atoms with Crippen LogP contribution in [0.2, 0.25) is 0 Å². The van der Waals surface area contributed by atoms with Crippen LogP contribution in [0, 0.1) is 0 Å². The number of nitrogens with zero attached hydrogens (tertiary/aromatic N) is 4. The summed E-state index contributed by atoms with van der Waals surface area (Å²) in [5.74, 6) is 1.60. The number of hydrogen-bond donors (Lipinski definition) is 1. The minimum absolute atomic E-state index is 0.114. The number of pyridine rings is 1. The number of hydrogen-bond acceptors (Lipinski definition) is 6. The van der Waals surface area contributed by atoms with Crippen LogP contribution in [-0.4, -0.2) is 31.4 Å². The van der Waals surface area contributed by atoms with Gasteiger partial charge in [0.25, 0.3) is 0 Å². The van der Waals surface area contributed by atoms with Gasteiger partial charge in [-0.3, -0.25) is 9.78 Å². The Morgan fingerprint density at radius 2 is 1.74 bits per heavy atom. The summed E-state index contributed by atoms with van der Waals surface area (Å²) in [6, 6.07) is 21.1. The lowest BCUT2D eigenvalue weighted by molar-refractivity contribution is -0.113. The van der Waals surface area contributed by atoms with Gasteiger partial charge in [-0.2, -0.15) is 0 Å². The van der Waals surface area contributed by atoms with E-state index in [-0.39, 0.29) is 11.7 Å². The van der Waals surface area contributed by atoms with Crippen molar-refractivity contribution in [3.63, 3.8) is 0 Å². The molecule has 156 valence electrons. The van der Waals surface area contributed by atoms with E-state index < -0.39 is 0 Å². The maximum atomic E-state index is 12.3. The Hall–Kier alpha value is -3.65. The first-order valence-corrected chi connectivity index (χ1v) is 10.7. The number of carbonyl (C=O) groups is 1. The lowest BCUT2D eigenvalue weighted by atomic mass is 10.2.